The number of imidazole rings is 1. The predicted molar refractivity (Wildman–Crippen MR) is 111 cm³/mol. The van der Waals surface area contributed by atoms with E-state index in [-0.39, 0.29) is 18.2 Å². The van der Waals surface area contributed by atoms with Gasteiger partial charge in [0, 0.05) is 44.7 Å². The molecule has 0 radical (unpaired) electrons. The molecule has 2 aromatic rings. The van der Waals surface area contributed by atoms with Gasteiger partial charge in [0.1, 0.15) is 0 Å². The molecule has 1 N–H and O–H groups in total. The number of hydrogen-bond acceptors (Lipinski definition) is 5. The summed E-state index contributed by atoms with van der Waals surface area (Å²) in [5, 5.41) is 3.17. The van der Waals surface area contributed by atoms with Crippen LogP contribution in [-0.4, -0.2) is 59.0 Å². The molecule has 1 aromatic heterocycles. The Hall–Kier alpha value is -2.22. The van der Waals surface area contributed by atoms with E-state index in [9.17, 15) is 4.79 Å². The highest BCUT2D eigenvalue weighted by Crippen LogP contribution is 2.14. The summed E-state index contributed by atoms with van der Waals surface area (Å²) in [7, 11) is 0. The number of amides is 1. The van der Waals surface area contributed by atoms with Crippen molar-refractivity contribution in [3.05, 3.63) is 54.1 Å². The zero-order valence-corrected chi connectivity index (χ0v) is 17.4. The van der Waals surface area contributed by atoms with Crippen LogP contribution >= 0.6 is 0 Å². The highest BCUT2D eigenvalue weighted by atomic mass is 16.7. The van der Waals surface area contributed by atoms with E-state index in [1.165, 1.54) is 5.56 Å². The molecule has 29 heavy (non-hydrogen) atoms. The van der Waals surface area contributed by atoms with Crippen molar-refractivity contribution in [2.75, 3.05) is 26.3 Å². The van der Waals surface area contributed by atoms with Gasteiger partial charge in [0.15, 0.2) is 12.1 Å². The Morgan fingerprint density at radius 2 is 2.00 bits per heavy atom. The maximum Gasteiger partial charge on any atom is 0.287 e. The number of carbonyl (C=O) groups excluding carboxylic acids is 1. The number of hydrogen-bond donors (Lipinski definition) is 1. The van der Waals surface area contributed by atoms with Crippen molar-refractivity contribution in [2.45, 2.75) is 52.1 Å². The Morgan fingerprint density at radius 3 is 2.72 bits per heavy atom. The van der Waals surface area contributed by atoms with Crippen molar-refractivity contribution in [2.24, 2.45) is 0 Å². The SMILES string of the molecule is CCOC(Cn1ccnc1C(=O)NC1CCCN(Cc2ccccc2)C1)OCC. The van der Waals surface area contributed by atoms with E-state index in [0.717, 1.165) is 32.5 Å². The average Bonchev–Trinajstić information content (AvgIpc) is 3.18. The molecule has 0 bridgehead atoms. The number of likely N-dealkylation sites (tertiary alicyclic amines) is 1. The first kappa shape index (κ1) is 21.5. The van der Waals surface area contributed by atoms with Crippen LogP contribution < -0.4 is 5.32 Å². The fourth-order valence-electron chi connectivity index (χ4n) is 3.76. The van der Waals surface area contributed by atoms with E-state index in [0.29, 0.717) is 25.6 Å². The monoisotopic (exact) mass is 400 g/mol. The average molecular weight is 401 g/mol. The molecular weight excluding hydrogens is 368 g/mol. The van der Waals surface area contributed by atoms with Gasteiger partial charge in [0.2, 0.25) is 0 Å². The van der Waals surface area contributed by atoms with E-state index in [4.69, 9.17) is 9.47 Å². The van der Waals surface area contributed by atoms with Crippen molar-refractivity contribution in [3.8, 4) is 0 Å². The van der Waals surface area contributed by atoms with E-state index in [1.54, 1.807) is 17.0 Å². The Balaban J connectivity index is 1.56. The molecule has 7 nitrogen and oxygen atoms in total. The van der Waals surface area contributed by atoms with E-state index in [1.807, 2.05) is 19.9 Å². The van der Waals surface area contributed by atoms with Gasteiger partial charge in [-0.15, -0.1) is 0 Å². The maximum atomic E-state index is 12.9. The second-order valence-electron chi connectivity index (χ2n) is 7.28. The molecule has 1 fully saturated rings. The minimum Gasteiger partial charge on any atom is -0.351 e. The van der Waals surface area contributed by atoms with Crippen molar-refractivity contribution >= 4 is 5.91 Å². The minimum atomic E-state index is -0.387. The molecule has 158 valence electrons. The van der Waals surface area contributed by atoms with Gasteiger partial charge in [-0.1, -0.05) is 30.3 Å². The second kappa shape index (κ2) is 11.1. The largest absolute Gasteiger partial charge is 0.351 e. The molecule has 2 heterocycles. The van der Waals surface area contributed by atoms with Gasteiger partial charge in [-0.2, -0.15) is 0 Å². The van der Waals surface area contributed by atoms with E-state index in [2.05, 4.69) is 39.5 Å². The van der Waals surface area contributed by atoms with Crippen LogP contribution in [0.3, 0.4) is 0 Å². The summed E-state index contributed by atoms with van der Waals surface area (Å²) in [5.41, 5.74) is 1.30. The highest BCUT2D eigenvalue weighted by molar-refractivity contribution is 5.91. The molecule has 1 aliphatic rings. The molecular formula is C22H32N4O3. The summed E-state index contributed by atoms with van der Waals surface area (Å²) >= 11 is 0. The molecule has 3 rings (SSSR count). The third-order valence-corrected chi connectivity index (χ3v) is 5.06. The zero-order valence-electron chi connectivity index (χ0n) is 17.4. The van der Waals surface area contributed by atoms with Crippen LogP contribution in [0.25, 0.3) is 0 Å². The highest BCUT2D eigenvalue weighted by Gasteiger charge is 2.24. The van der Waals surface area contributed by atoms with E-state index < -0.39 is 0 Å². The fourth-order valence-corrected chi connectivity index (χ4v) is 3.76. The molecule has 1 aromatic carbocycles. The molecule has 1 aliphatic heterocycles. The molecule has 0 saturated carbocycles. The number of piperidine rings is 1. The first-order valence-corrected chi connectivity index (χ1v) is 10.5. The Morgan fingerprint density at radius 1 is 1.24 bits per heavy atom. The predicted octanol–water partition coefficient (Wildman–Crippen LogP) is 2.68. The fraction of sp³-hybridized carbons (Fsp3) is 0.545. The van der Waals surface area contributed by atoms with Crippen LogP contribution in [0.4, 0.5) is 0 Å². The number of aromatic nitrogens is 2. The van der Waals surface area contributed by atoms with Crippen molar-refractivity contribution in [1.82, 2.24) is 19.8 Å². The third-order valence-electron chi connectivity index (χ3n) is 5.06. The second-order valence-corrected chi connectivity index (χ2v) is 7.28. The molecule has 1 amide bonds. The van der Waals surface area contributed by atoms with Crippen LogP contribution in [0.1, 0.15) is 42.9 Å². The summed E-state index contributed by atoms with van der Waals surface area (Å²) in [5.74, 6) is 0.253. The molecule has 0 aliphatic carbocycles. The van der Waals surface area contributed by atoms with Gasteiger partial charge < -0.3 is 19.4 Å². The number of benzene rings is 1. The van der Waals surface area contributed by atoms with Crippen LogP contribution in [0.15, 0.2) is 42.7 Å². The molecule has 1 unspecified atom stereocenters. The normalized spacial score (nSPS) is 17.6. The molecule has 1 saturated heterocycles. The van der Waals surface area contributed by atoms with Crippen LogP contribution in [0.5, 0.6) is 0 Å². The molecule has 0 spiro atoms. The van der Waals surface area contributed by atoms with Crippen molar-refractivity contribution in [3.63, 3.8) is 0 Å². The van der Waals surface area contributed by atoms with Gasteiger partial charge in [-0.25, -0.2) is 4.98 Å². The van der Waals surface area contributed by atoms with Crippen molar-refractivity contribution in [1.29, 1.82) is 0 Å². The van der Waals surface area contributed by atoms with Gasteiger partial charge in [-0.05, 0) is 38.8 Å². The van der Waals surface area contributed by atoms with Crippen LogP contribution in [0.2, 0.25) is 0 Å². The summed E-state index contributed by atoms with van der Waals surface area (Å²) in [6, 6.07) is 10.6. The summed E-state index contributed by atoms with van der Waals surface area (Å²) in [6.45, 7) is 8.22. The van der Waals surface area contributed by atoms with Crippen LogP contribution in [-0.2, 0) is 22.6 Å². The maximum absolute atomic E-state index is 12.9. The summed E-state index contributed by atoms with van der Waals surface area (Å²) in [6.07, 6.45) is 5.11. The summed E-state index contributed by atoms with van der Waals surface area (Å²) in [4.78, 5) is 19.5. The van der Waals surface area contributed by atoms with Gasteiger partial charge >= 0.3 is 0 Å². The number of ether oxygens (including phenoxy) is 2. The van der Waals surface area contributed by atoms with Gasteiger partial charge in [0.25, 0.3) is 5.91 Å². The quantitative estimate of drug-likeness (QED) is 0.621. The smallest absolute Gasteiger partial charge is 0.287 e. The Bertz CT molecular complexity index is 744. The standard InChI is InChI=1S/C22H32N4O3/c1-3-28-20(29-4-2)17-26-14-12-23-21(26)22(27)24-19-11-8-13-25(16-19)15-18-9-6-5-7-10-18/h5-7,9-10,12,14,19-20H,3-4,8,11,13,15-17H2,1-2H3,(H,24,27). The first-order chi connectivity index (χ1) is 14.2. The number of carbonyl (C=O) groups is 1. The first-order valence-electron chi connectivity index (χ1n) is 10.5. The minimum absolute atomic E-state index is 0.125. The van der Waals surface area contributed by atoms with Gasteiger partial charge in [0.05, 0.1) is 6.54 Å². The van der Waals surface area contributed by atoms with Gasteiger partial charge in [-0.3, -0.25) is 9.69 Å². The number of nitrogens with zero attached hydrogens (tertiary/aromatic N) is 3. The van der Waals surface area contributed by atoms with Crippen molar-refractivity contribution < 1.29 is 14.3 Å². The Labute approximate surface area is 173 Å². The lowest BCUT2D eigenvalue weighted by atomic mass is 10.0. The topological polar surface area (TPSA) is 68.6 Å². The number of nitrogens with one attached hydrogen (secondary N) is 1. The zero-order chi connectivity index (χ0) is 20.5. The lowest BCUT2D eigenvalue weighted by Gasteiger charge is -2.33. The number of rotatable bonds is 10. The molecule has 7 heteroatoms. The Kier molecular flexibility index (Phi) is 8.22. The lowest BCUT2D eigenvalue weighted by molar-refractivity contribution is -0.143. The third kappa shape index (κ3) is 6.39. The molecule has 1 atom stereocenters. The summed E-state index contributed by atoms with van der Waals surface area (Å²) < 4.78 is 13.0. The van der Waals surface area contributed by atoms with Crippen LogP contribution in [0, 0.1) is 0 Å². The lowest BCUT2D eigenvalue weighted by Crippen LogP contribution is -2.47. The van der Waals surface area contributed by atoms with E-state index >= 15 is 0 Å².